The Kier molecular flexibility index (Phi) is 9.52. The number of carboxylic acids is 1. The molecule has 4 heterocycles. The monoisotopic (exact) mass is 576 g/mol. The number of nitrogens with one attached hydrogen (secondary N) is 1. The van der Waals surface area contributed by atoms with Crippen molar-refractivity contribution in [2.45, 2.75) is 11.8 Å². The van der Waals surface area contributed by atoms with Gasteiger partial charge >= 0.3 is 5.97 Å². The SMILES string of the molecule is CN1CCN(c2cc(C(=O)N[C@@H](CSCc3ccccc3)C(=O)O)nc(N3CCN(c4ccccn4)CC3)n2)CC1. The minimum absolute atomic E-state index is 0.176. The van der Waals surface area contributed by atoms with Gasteiger partial charge in [-0.15, -0.1) is 0 Å². The number of thioether (sulfide) groups is 1. The predicted octanol–water partition coefficient (Wildman–Crippen LogP) is 2.07. The fourth-order valence-electron chi connectivity index (χ4n) is 4.83. The first-order valence-electron chi connectivity index (χ1n) is 13.8. The number of carbonyl (C=O) groups is 2. The van der Waals surface area contributed by atoms with Gasteiger partial charge in [0.25, 0.3) is 5.91 Å². The molecular weight excluding hydrogens is 540 g/mol. The molecule has 2 N–H and O–H groups in total. The van der Waals surface area contributed by atoms with E-state index in [4.69, 9.17) is 4.98 Å². The van der Waals surface area contributed by atoms with Crippen molar-refractivity contribution in [3.63, 3.8) is 0 Å². The van der Waals surface area contributed by atoms with E-state index in [-0.39, 0.29) is 11.4 Å². The van der Waals surface area contributed by atoms with Crippen molar-refractivity contribution < 1.29 is 14.7 Å². The molecule has 2 aliphatic heterocycles. The van der Waals surface area contributed by atoms with Crippen LogP contribution in [0.25, 0.3) is 0 Å². The molecule has 0 radical (unpaired) electrons. The molecule has 2 fully saturated rings. The van der Waals surface area contributed by atoms with Crippen molar-refractivity contribution in [2.75, 3.05) is 79.9 Å². The summed E-state index contributed by atoms with van der Waals surface area (Å²) in [5.74, 6) is 1.43. The Balaban J connectivity index is 1.30. The number of amides is 1. The van der Waals surface area contributed by atoms with Crippen LogP contribution in [0.5, 0.6) is 0 Å². The van der Waals surface area contributed by atoms with Gasteiger partial charge in [0, 0.05) is 76.1 Å². The van der Waals surface area contributed by atoms with Gasteiger partial charge in [0.05, 0.1) is 0 Å². The molecule has 1 atom stereocenters. The Bertz CT molecular complexity index is 1300. The highest BCUT2D eigenvalue weighted by Crippen LogP contribution is 2.22. The van der Waals surface area contributed by atoms with E-state index in [0.29, 0.717) is 30.6 Å². The lowest BCUT2D eigenvalue weighted by Gasteiger charge is -2.36. The highest BCUT2D eigenvalue weighted by Gasteiger charge is 2.26. The van der Waals surface area contributed by atoms with Crippen LogP contribution >= 0.6 is 11.8 Å². The van der Waals surface area contributed by atoms with Crippen molar-refractivity contribution in [1.82, 2.24) is 25.2 Å². The van der Waals surface area contributed by atoms with Gasteiger partial charge in [0.15, 0.2) is 0 Å². The van der Waals surface area contributed by atoms with Gasteiger partial charge in [-0.1, -0.05) is 36.4 Å². The molecule has 41 heavy (non-hydrogen) atoms. The van der Waals surface area contributed by atoms with Crippen LogP contribution in [0, 0.1) is 0 Å². The van der Waals surface area contributed by atoms with Gasteiger partial charge in [-0.3, -0.25) is 4.79 Å². The van der Waals surface area contributed by atoms with Crippen molar-refractivity contribution >= 4 is 41.2 Å². The maximum Gasteiger partial charge on any atom is 0.327 e. The standard InChI is InChI=1S/C29H36N8O3S/c1-34-11-13-36(14-12-34)26-19-23(27(38)31-24(28(39)40)21-41-20-22-7-3-2-4-8-22)32-29(33-26)37-17-15-35(16-18-37)25-9-5-6-10-30-25/h2-10,19,24H,11-18,20-21H2,1H3,(H,31,38)(H,39,40)/t24-/m0/s1. The molecule has 1 aromatic carbocycles. The van der Waals surface area contributed by atoms with Gasteiger partial charge < -0.3 is 30.0 Å². The third-order valence-electron chi connectivity index (χ3n) is 7.30. The third kappa shape index (κ3) is 7.65. The van der Waals surface area contributed by atoms with Crippen molar-refractivity contribution in [3.05, 3.63) is 72.1 Å². The second-order valence-corrected chi connectivity index (χ2v) is 11.3. The molecule has 2 saturated heterocycles. The number of rotatable bonds is 10. The Morgan fingerprint density at radius 3 is 2.22 bits per heavy atom. The molecule has 0 unspecified atom stereocenters. The summed E-state index contributed by atoms with van der Waals surface area (Å²) in [5.41, 5.74) is 1.28. The Labute approximate surface area is 244 Å². The quantitative estimate of drug-likeness (QED) is 0.369. The lowest BCUT2D eigenvalue weighted by atomic mass is 10.2. The van der Waals surface area contributed by atoms with Crippen LogP contribution in [-0.2, 0) is 10.5 Å². The first-order valence-corrected chi connectivity index (χ1v) is 15.0. The Morgan fingerprint density at radius 2 is 1.54 bits per heavy atom. The van der Waals surface area contributed by atoms with E-state index in [1.807, 2.05) is 48.5 Å². The van der Waals surface area contributed by atoms with Crippen LogP contribution < -0.4 is 20.0 Å². The van der Waals surface area contributed by atoms with Crippen LogP contribution in [0.15, 0.2) is 60.8 Å². The number of carboxylic acid groups (broad SMARTS) is 1. The van der Waals surface area contributed by atoms with Crippen LogP contribution in [0.2, 0.25) is 0 Å². The fraction of sp³-hybridized carbons (Fsp3) is 0.414. The number of piperazine rings is 2. The minimum Gasteiger partial charge on any atom is -0.480 e. The number of benzene rings is 1. The topological polar surface area (TPSA) is 118 Å². The minimum atomic E-state index is -1.07. The number of aromatic nitrogens is 3. The lowest BCUT2D eigenvalue weighted by Crippen LogP contribution is -2.48. The van der Waals surface area contributed by atoms with E-state index in [1.54, 1.807) is 12.3 Å². The van der Waals surface area contributed by atoms with Gasteiger partial charge in [0.1, 0.15) is 23.4 Å². The van der Waals surface area contributed by atoms with Crippen LogP contribution in [0.1, 0.15) is 16.1 Å². The number of anilines is 3. The molecule has 5 rings (SSSR count). The molecule has 3 aromatic rings. The Hall–Kier alpha value is -3.90. The average Bonchev–Trinajstić information content (AvgIpc) is 3.01. The smallest absolute Gasteiger partial charge is 0.327 e. The summed E-state index contributed by atoms with van der Waals surface area (Å²) in [5, 5.41) is 12.5. The summed E-state index contributed by atoms with van der Waals surface area (Å²) in [6.07, 6.45) is 1.79. The zero-order valence-electron chi connectivity index (χ0n) is 23.2. The summed E-state index contributed by atoms with van der Waals surface area (Å²) in [4.78, 5) is 48.1. The molecule has 2 aliphatic rings. The zero-order chi connectivity index (χ0) is 28.6. The highest BCUT2D eigenvalue weighted by atomic mass is 32.2. The fourth-order valence-corrected chi connectivity index (χ4v) is 5.84. The maximum atomic E-state index is 13.4. The summed E-state index contributed by atoms with van der Waals surface area (Å²) in [7, 11) is 2.09. The molecule has 1 amide bonds. The van der Waals surface area contributed by atoms with Crippen molar-refractivity contribution in [1.29, 1.82) is 0 Å². The summed E-state index contributed by atoms with van der Waals surface area (Å²) in [6.45, 7) is 6.22. The number of aliphatic carboxylic acids is 1. The first kappa shape index (κ1) is 28.6. The third-order valence-corrected chi connectivity index (χ3v) is 8.40. The van der Waals surface area contributed by atoms with E-state index in [1.165, 1.54) is 11.8 Å². The number of nitrogens with zero attached hydrogens (tertiary/aromatic N) is 7. The van der Waals surface area contributed by atoms with Crippen molar-refractivity contribution in [2.24, 2.45) is 0 Å². The zero-order valence-corrected chi connectivity index (χ0v) is 24.0. The normalized spacial score (nSPS) is 16.9. The molecule has 11 nitrogen and oxygen atoms in total. The molecular formula is C29H36N8O3S. The van der Waals surface area contributed by atoms with E-state index >= 15 is 0 Å². The van der Waals surface area contributed by atoms with Gasteiger partial charge in [-0.25, -0.2) is 14.8 Å². The molecule has 0 aliphatic carbocycles. The van der Waals surface area contributed by atoms with Crippen molar-refractivity contribution in [3.8, 4) is 0 Å². The number of hydrogen-bond acceptors (Lipinski definition) is 10. The lowest BCUT2D eigenvalue weighted by molar-refractivity contribution is -0.138. The van der Waals surface area contributed by atoms with Gasteiger partial charge in [-0.2, -0.15) is 16.7 Å². The van der Waals surface area contributed by atoms with E-state index in [0.717, 1.165) is 50.6 Å². The Morgan fingerprint density at radius 1 is 0.878 bits per heavy atom. The molecule has 216 valence electrons. The second kappa shape index (κ2) is 13.6. The van der Waals surface area contributed by atoms with Crippen LogP contribution in [-0.4, -0.2) is 108 Å². The maximum absolute atomic E-state index is 13.4. The summed E-state index contributed by atoms with van der Waals surface area (Å²) in [6, 6.07) is 16.4. The summed E-state index contributed by atoms with van der Waals surface area (Å²) < 4.78 is 0. The van der Waals surface area contributed by atoms with E-state index in [9.17, 15) is 14.7 Å². The molecule has 2 aromatic heterocycles. The second-order valence-electron chi connectivity index (χ2n) is 10.2. The predicted molar refractivity (Wildman–Crippen MR) is 162 cm³/mol. The van der Waals surface area contributed by atoms with E-state index < -0.39 is 17.9 Å². The molecule has 0 spiro atoms. The van der Waals surface area contributed by atoms with E-state index in [2.05, 4.69) is 41.9 Å². The first-order chi connectivity index (χ1) is 20.0. The largest absolute Gasteiger partial charge is 0.480 e. The van der Waals surface area contributed by atoms with Gasteiger partial charge in [-0.05, 0) is 24.7 Å². The molecule has 12 heteroatoms. The van der Waals surface area contributed by atoms with Crippen LogP contribution in [0.3, 0.4) is 0 Å². The highest BCUT2D eigenvalue weighted by molar-refractivity contribution is 7.98. The number of hydrogen-bond donors (Lipinski definition) is 2. The van der Waals surface area contributed by atoms with Gasteiger partial charge in [0.2, 0.25) is 5.95 Å². The number of likely N-dealkylation sites (N-methyl/N-ethyl adjacent to an activating group) is 1. The average molecular weight is 577 g/mol. The number of carbonyl (C=O) groups excluding carboxylic acids is 1. The molecule has 0 saturated carbocycles. The number of pyridine rings is 1. The summed E-state index contributed by atoms with van der Waals surface area (Å²) >= 11 is 1.47. The van der Waals surface area contributed by atoms with Crippen LogP contribution in [0.4, 0.5) is 17.6 Å². The molecule has 0 bridgehead atoms.